The molecular weight excluding hydrogens is 390 g/mol. The third-order valence-electron chi connectivity index (χ3n) is 5.98. The van der Waals surface area contributed by atoms with Crippen molar-refractivity contribution in [2.24, 2.45) is 0 Å². The van der Waals surface area contributed by atoms with Gasteiger partial charge in [-0.1, -0.05) is 25.0 Å². The quantitative estimate of drug-likeness (QED) is 0.798. The molecule has 2 amide bonds. The Morgan fingerprint density at radius 2 is 1.55 bits per heavy atom. The van der Waals surface area contributed by atoms with Crippen LogP contribution in [0.1, 0.15) is 52.0 Å². The Morgan fingerprint density at radius 3 is 2.26 bits per heavy atom. The number of amides is 2. The largest absolute Gasteiger partial charge is 0.379 e. The molecule has 164 valence electrons. The van der Waals surface area contributed by atoms with Crippen molar-refractivity contribution >= 4 is 17.5 Å². The Bertz CT molecular complexity index is 883. The highest BCUT2D eigenvalue weighted by atomic mass is 16.5. The number of likely N-dealkylation sites (tertiary alicyclic amines) is 1. The standard InChI is InChI=1S/C25H31N3O3/c29-24(22-7-5-6-20(18-22)19-27-14-16-31-17-15-27)26-23-10-8-21(9-11-23)25(30)28-12-3-1-2-4-13-28/h5-11,18H,1-4,12-17,19H2,(H,26,29). The number of hydrogen-bond acceptors (Lipinski definition) is 4. The lowest BCUT2D eigenvalue weighted by atomic mass is 10.1. The molecule has 31 heavy (non-hydrogen) atoms. The predicted molar refractivity (Wildman–Crippen MR) is 121 cm³/mol. The second-order valence-corrected chi connectivity index (χ2v) is 8.33. The highest BCUT2D eigenvalue weighted by molar-refractivity contribution is 6.04. The molecule has 1 N–H and O–H groups in total. The molecule has 2 aromatic rings. The van der Waals surface area contributed by atoms with Crippen LogP contribution < -0.4 is 5.32 Å². The van der Waals surface area contributed by atoms with E-state index in [2.05, 4.69) is 16.3 Å². The van der Waals surface area contributed by atoms with Crippen LogP contribution >= 0.6 is 0 Å². The zero-order chi connectivity index (χ0) is 21.5. The van der Waals surface area contributed by atoms with Gasteiger partial charge in [0.2, 0.25) is 0 Å². The number of ether oxygens (including phenoxy) is 1. The minimum absolute atomic E-state index is 0.0793. The van der Waals surface area contributed by atoms with E-state index in [9.17, 15) is 9.59 Å². The van der Waals surface area contributed by atoms with Crippen LogP contribution in [-0.4, -0.2) is 61.0 Å². The summed E-state index contributed by atoms with van der Waals surface area (Å²) in [6.45, 7) is 5.83. The molecule has 0 saturated carbocycles. The van der Waals surface area contributed by atoms with Crippen molar-refractivity contribution in [1.29, 1.82) is 0 Å². The second-order valence-electron chi connectivity index (χ2n) is 8.33. The third-order valence-corrected chi connectivity index (χ3v) is 5.98. The van der Waals surface area contributed by atoms with Crippen LogP contribution in [0.4, 0.5) is 5.69 Å². The number of morpholine rings is 1. The topological polar surface area (TPSA) is 61.9 Å². The van der Waals surface area contributed by atoms with Crippen LogP contribution in [0, 0.1) is 0 Å². The van der Waals surface area contributed by atoms with E-state index in [4.69, 9.17) is 4.74 Å². The zero-order valence-electron chi connectivity index (χ0n) is 18.0. The van der Waals surface area contributed by atoms with Crippen molar-refractivity contribution in [3.05, 3.63) is 65.2 Å². The summed E-state index contributed by atoms with van der Waals surface area (Å²) in [7, 11) is 0. The molecule has 0 spiro atoms. The lowest BCUT2D eigenvalue weighted by Crippen LogP contribution is -2.35. The van der Waals surface area contributed by atoms with Gasteiger partial charge in [0.15, 0.2) is 0 Å². The lowest BCUT2D eigenvalue weighted by molar-refractivity contribution is 0.0342. The maximum Gasteiger partial charge on any atom is 0.255 e. The predicted octanol–water partition coefficient (Wildman–Crippen LogP) is 3.79. The highest BCUT2D eigenvalue weighted by Gasteiger charge is 2.17. The number of nitrogens with zero attached hydrogens (tertiary/aromatic N) is 2. The number of hydrogen-bond donors (Lipinski definition) is 1. The summed E-state index contributed by atoms with van der Waals surface area (Å²) in [5.74, 6) is -0.0639. The maximum atomic E-state index is 12.7. The molecule has 0 aliphatic carbocycles. The molecule has 2 saturated heterocycles. The summed E-state index contributed by atoms with van der Waals surface area (Å²) in [5.41, 5.74) is 3.12. The summed E-state index contributed by atoms with van der Waals surface area (Å²) in [6.07, 6.45) is 4.54. The van der Waals surface area contributed by atoms with Gasteiger partial charge in [-0.25, -0.2) is 0 Å². The van der Waals surface area contributed by atoms with Crippen LogP contribution in [0.3, 0.4) is 0 Å². The van der Waals surface area contributed by atoms with Gasteiger partial charge in [0.1, 0.15) is 0 Å². The van der Waals surface area contributed by atoms with Crippen molar-refractivity contribution in [2.45, 2.75) is 32.2 Å². The molecule has 0 aromatic heterocycles. The summed E-state index contributed by atoms with van der Waals surface area (Å²) >= 11 is 0. The number of nitrogens with one attached hydrogen (secondary N) is 1. The fraction of sp³-hybridized carbons (Fsp3) is 0.440. The first kappa shape index (κ1) is 21.5. The van der Waals surface area contributed by atoms with Gasteiger partial charge in [0, 0.05) is 49.5 Å². The second kappa shape index (κ2) is 10.6. The molecule has 2 heterocycles. The van der Waals surface area contributed by atoms with Crippen LogP contribution in [0.5, 0.6) is 0 Å². The fourth-order valence-electron chi connectivity index (χ4n) is 4.18. The van der Waals surface area contributed by atoms with Crippen molar-refractivity contribution < 1.29 is 14.3 Å². The molecule has 2 fully saturated rings. The molecule has 0 bridgehead atoms. The van der Waals surface area contributed by atoms with Crippen LogP contribution in [0.25, 0.3) is 0 Å². The van der Waals surface area contributed by atoms with E-state index in [1.165, 1.54) is 12.8 Å². The van der Waals surface area contributed by atoms with E-state index < -0.39 is 0 Å². The molecule has 2 aliphatic heterocycles. The SMILES string of the molecule is O=C(Nc1ccc(C(=O)N2CCCCCC2)cc1)c1cccc(CN2CCOCC2)c1. The number of carbonyl (C=O) groups excluding carboxylic acids is 2. The molecule has 6 nitrogen and oxygen atoms in total. The first-order valence-corrected chi connectivity index (χ1v) is 11.3. The average molecular weight is 422 g/mol. The van der Waals surface area contributed by atoms with Gasteiger partial charge in [-0.15, -0.1) is 0 Å². The van der Waals surface area contributed by atoms with Crippen LogP contribution in [0.2, 0.25) is 0 Å². The minimum atomic E-state index is -0.143. The van der Waals surface area contributed by atoms with E-state index in [0.717, 1.165) is 64.3 Å². The minimum Gasteiger partial charge on any atom is -0.379 e. The molecule has 0 radical (unpaired) electrons. The van der Waals surface area contributed by atoms with E-state index >= 15 is 0 Å². The summed E-state index contributed by atoms with van der Waals surface area (Å²) in [5, 5.41) is 2.95. The molecule has 4 rings (SSSR count). The van der Waals surface area contributed by atoms with Crippen LogP contribution in [0.15, 0.2) is 48.5 Å². The fourth-order valence-corrected chi connectivity index (χ4v) is 4.18. The van der Waals surface area contributed by atoms with Gasteiger partial charge in [0.05, 0.1) is 13.2 Å². The van der Waals surface area contributed by atoms with Gasteiger partial charge in [0.25, 0.3) is 11.8 Å². The van der Waals surface area contributed by atoms with Crippen LogP contribution in [-0.2, 0) is 11.3 Å². The third kappa shape index (κ3) is 5.93. The maximum absolute atomic E-state index is 12.7. The summed E-state index contributed by atoms with van der Waals surface area (Å²) < 4.78 is 5.40. The summed E-state index contributed by atoms with van der Waals surface area (Å²) in [6, 6.07) is 15.0. The van der Waals surface area contributed by atoms with Gasteiger partial charge >= 0.3 is 0 Å². The Labute approximate surface area is 184 Å². The van der Waals surface area contributed by atoms with Gasteiger partial charge in [-0.2, -0.15) is 0 Å². The van der Waals surface area contributed by atoms with E-state index in [0.29, 0.717) is 16.8 Å². The Hall–Kier alpha value is -2.70. The number of carbonyl (C=O) groups is 2. The number of benzene rings is 2. The monoisotopic (exact) mass is 421 g/mol. The van der Waals surface area contributed by atoms with Gasteiger partial charge < -0.3 is 15.0 Å². The molecule has 0 unspecified atom stereocenters. The van der Waals surface area contributed by atoms with Gasteiger partial charge in [-0.3, -0.25) is 14.5 Å². The Kier molecular flexibility index (Phi) is 7.33. The van der Waals surface area contributed by atoms with Gasteiger partial charge in [-0.05, 0) is 54.8 Å². The van der Waals surface area contributed by atoms with Crippen molar-refractivity contribution in [3.63, 3.8) is 0 Å². The molecule has 0 atom stereocenters. The highest BCUT2D eigenvalue weighted by Crippen LogP contribution is 2.17. The van der Waals surface area contributed by atoms with E-state index in [-0.39, 0.29) is 11.8 Å². The molecule has 2 aromatic carbocycles. The lowest BCUT2D eigenvalue weighted by Gasteiger charge is -2.26. The normalized spacial score (nSPS) is 17.7. The zero-order valence-corrected chi connectivity index (χ0v) is 18.0. The molecular formula is C25H31N3O3. The molecule has 6 heteroatoms. The van der Waals surface area contributed by atoms with E-state index in [1.54, 1.807) is 24.3 Å². The van der Waals surface area contributed by atoms with Crippen molar-refractivity contribution in [3.8, 4) is 0 Å². The number of anilines is 1. The first-order valence-electron chi connectivity index (χ1n) is 11.3. The smallest absolute Gasteiger partial charge is 0.255 e. The van der Waals surface area contributed by atoms with E-state index in [1.807, 2.05) is 23.1 Å². The summed E-state index contributed by atoms with van der Waals surface area (Å²) in [4.78, 5) is 29.8. The van der Waals surface area contributed by atoms with Crippen molar-refractivity contribution in [2.75, 3.05) is 44.7 Å². The Morgan fingerprint density at radius 1 is 0.839 bits per heavy atom. The first-order chi connectivity index (χ1) is 15.2. The van der Waals surface area contributed by atoms with Crippen molar-refractivity contribution in [1.82, 2.24) is 9.80 Å². The molecule has 2 aliphatic rings. The Balaban J connectivity index is 1.36. The average Bonchev–Trinajstić information content (AvgIpc) is 3.10. The number of rotatable bonds is 5.